The first-order valence-electron chi connectivity index (χ1n) is 7.36. The number of sulfonamides is 1. The number of nitrogens with one attached hydrogen (secondary N) is 2. The molecule has 1 heterocycles. The standard InChI is InChI=1S/C14H18F3N3O3S.ClH/c15-14(16,17)10-19-13(21)11-3-1-4-12(9-11)24(22,23)20-7-2-5-18-6-8-20;/h1,3-4,9,18H,2,5-8,10H2,(H,19,21);1H. The molecule has 1 saturated heterocycles. The van der Waals surface area contributed by atoms with E-state index in [2.05, 4.69) is 5.32 Å². The molecule has 1 fully saturated rings. The third-order valence-corrected chi connectivity index (χ3v) is 5.38. The molecule has 0 radical (unpaired) electrons. The number of amides is 1. The lowest BCUT2D eigenvalue weighted by atomic mass is 10.2. The number of alkyl halides is 3. The first-order valence-corrected chi connectivity index (χ1v) is 8.80. The van der Waals surface area contributed by atoms with Gasteiger partial charge in [0.25, 0.3) is 5.91 Å². The Morgan fingerprint density at radius 3 is 2.64 bits per heavy atom. The van der Waals surface area contributed by atoms with Crippen LogP contribution in [0.25, 0.3) is 0 Å². The molecule has 6 nitrogen and oxygen atoms in total. The molecule has 2 rings (SSSR count). The number of carbonyl (C=O) groups excluding carboxylic acids is 1. The van der Waals surface area contributed by atoms with Crippen molar-refractivity contribution in [3.63, 3.8) is 0 Å². The van der Waals surface area contributed by atoms with Crippen molar-refractivity contribution < 1.29 is 26.4 Å². The largest absolute Gasteiger partial charge is 0.405 e. The molecule has 2 N–H and O–H groups in total. The Kier molecular flexibility index (Phi) is 7.66. The Morgan fingerprint density at radius 1 is 1.24 bits per heavy atom. The van der Waals surface area contributed by atoms with Gasteiger partial charge in [-0.25, -0.2) is 8.42 Å². The molecule has 1 amide bonds. The Balaban J connectivity index is 0.00000312. The van der Waals surface area contributed by atoms with Crippen LogP contribution in [-0.4, -0.2) is 57.5 Å². The number of nitrogens with zero attached hydrogens (tertiary/aromatic N) is 1. The predicted molar refractivity (Wildman–Crippen MR) is 88.3 cm³/mol. The molecule has 1 aromatic carbocycles. The Bertz CT molecular complexity index is 690. The fourth-order valence-electron chi connectivity index (χ4n) is 2.29. The number of benzene rings is 1. The molecular formula is C14H19ClF3N3O3S. The highest BCUT2D eigenvalue weighted by molar-refractivity contribution is 7.89. The summed E-state index contributed by atoms with van der Waals surface area (Å²) in [4.78, 5) is 11.7. The van der Waals surface area contributed by atoms with Crippen molar-refractivity contribution in [3.05, 3.63) is 29.8 Å². The van der Waals surface area contributed by atoms with Crippen molar-refractivity contribution in [1.29, 1.82) is 0 Å². The van der Waals surface area contributed by atoms with Gasteiger partial charge in [0, 0.05) is 25.2 Å². The average Bonchev–Trinajstić information content (AvgIpc) is 2.82. The summed E-state index contributed by atoms with van der Waals surface area (Å²) in [7, 11) is -3.79. The van der Waals surface area contributed by atoms with E-state index in [1.54, 1.807) is 5.32 Å². The minimum Gasteiger partial charge on any atom is -0.343 e. The highest BCUT2D eigenvalue weighted by Crippen LogP contribution is 2.18. The van der Waals surface area contributed by atoms with Gasteiger partial charge >= 0.3 is 6.18 Å². The summed E-state index contributed by atoms with van der Waals surface area (Å²) in [5.41, 5.74) is -0.131. The summed E-state index contributed by atoms with van der Waals surface area (Å²) < 4.78 is 63.0. The number of hydrogen-bond donors (Lipinski definition) is 2. The number of carbonyl (C=O) groups is 1. The second-order valence-corrected chi connectivity index (χ2v) is 7.27. The van der Waals surface area contributed by atoms with Gasteiger partial charge in [-0.1, -0.05) is 6.07 Å². The van der Waals surface area contributed by atoms with Crippen LogP contribution in [0.2, 0.25) is 0 Å². The lowest BCUT2D eigenvalue weighted by Crippen LogP contribution is -2.35. The lowest BCUT2D eigenvalue weighted by Gasteiger charge is -2.20. The fraction of sp³-hybridized carbons (Fsp3) is 0.500. The van der Waals surface area contributed by atoms with Gasteiger partial charge in [0.1, 0.15) is 6.54 Å². The van der Waals surface area contributed by atoms with Crippen LogP contribution >= 0.6 is 12.4 Å². The molecule has 0 spiro atoms. The highest BCUT2D eigenvalue weighted by atomic mass is 35.5. The molecule has 1 aliphatic rings. The first-order chi connectivity index (χ1) is 11.2. The Morgan fingerprint density at radius 2 is 1.96 bits per heavy atom. The van der Waals surface area contributed by atoms with Crippen LogP contribution in [-0.2, 0) is 10.0 Å². The van der Waals surface area contributed by atoms with Crippen LogP contribution in [0, 0.1) is 0 Å². The summed E-state index contributed by atoms with van der Waals surface area (Å²) in [5, 5.41) is 4.81. The van der Waals surface area contributed by atoms with Gasteiger partial charge in [-0.3, -0.25) is 4.79 Å². The van der Waals surface area contributed by atoms with Crippen molar-refractivity contribution >= 4 is 28.3 Å². The van der Waals surface area contributed by atoms with E-state index in [1.807, 2.05) is 0 Å². The predicted octanol–water partition coefficient (Wildman–Crippen LogP) is 1.38. The van der Waals surface area contributed by atoms with Crippen molar-refractivity contribution in [2.75, 3.05) is 32.7 Å². The van der Waals surface area contributed by atoms with Gasteiger partial charge < -0.3 is 10.6 Å². The molecule has 0 unspecified atom stereocenters. The van der Waals surface area contributed by atoms with Crippen LogP contribution in [0.5, 0.6) is 0 Å². The van der Waals surface area contributed by atoms with E-state index >= 15 is 0 Å². The highest BCUT2D eigenvalue weighted by Gasteiger charge is 2.29. The van der Waals surface area contributed by atoms with Crippen LogP contribution in [0.4, 0.5) is 13.2 Å². The monoisotopic (exact) mass is 401 g/mol. The second kappa shape index (κ2) is 8.84. The molecule has 11 heteroatoms. The zero-order chi connectivity index (χ0) is 17.8. The zero-order valence-corrected chi connectivity index (χ0v) is 14.8. The number of rotatable bonds is 4. The summed E-state index contributed by atoms with van der Waals surface area (Å²) in [5.74, 6) is -0.970. The average molecular weight is 402 g/mol. The molecule has 0 aliphatic carbocycles. The summed E-state index contributed by atoms with van der Waals surface area (Å²) >= 11 is 0. The van der Waals surface area contributed by atoms with Crippen LogP contribution in [0.15, 0.2) is 29.2 Å². The molecular weight excluding hydrogens is 383 g/mol. The van der Waals surface area contributed by atoms with E-state index in [-0.39, 0.29) is 22.9 Å². The van der Waals surface area contributed by atoms with E-state index in [0.717, 1.165) is 6.07 Å². The van der Waals surface area contributed by atoms with E-state index in [4.69, 9.17) is 0 Å². The van der Waals surface area contributed by atoms with E-state index in [1.165, 1.54) is 22.5 Å². The topological polar surface area (TPSA) is 78.5 Å². The quantitative estimate of drug-likeness (QED) is 0.799. The minimum atomic E-state index is -4.53. The van der Waals surface area contributed by atoms with E-state index in [9.17, 15) is 26.4 Å². The van der Waals surface area contributed by atoms with Crippen molar-refractivity contribution in [1.82, 2.24) is 14.9 Å². The van der Waals surface area contributed by atoms with Gasteiger partial charge in [-0.15, -0.1) is 12.4 Å². The Labute approximate surface area is 150 Å². The fourth-order valence-corrected chi connectivity index (χ4v) is 3.82. The van der Waals surface area contributed by atoms with Crippen LogP contribution in [0.1, 0.15) is 16.8 Å². The summed E-state index contributed by atoms with van der Waals surface area (Å²) in [6.07, 6.45) is -3.87. The molecule has 1 aliphatic heterocycles. The van der Waals surface area contributed by atoms with E-state index < -0.39 is 28.7 Å². The zero-order valence-electron chi connectivity index (χ0n) is 13.2. The summed E-state index contributed by atoms with van der Waals surface area (Å²) in [6.45, 7) is 0.407. The molecule has 142 valence electrons. The van der Waals surface area contributed by atoms with Gasteiger partial charge in [0.15, 0.2) is 0 Å². The third kappa shape index (κ3) is 6.14. The van der Waals surface area contributed by atoms with Crippen LogP contribution in [0.3, 0.4) is 0 Å². The molecule has 0 atom stereocenters. The maximum absolute atomic E-state index is 12.6. The third-order valence-electron chi connectivity index (χ3n) is 3.48. The molecule has 0 saturated carbocycles. The van der Waals surface area contributed by atoms with Gasteiger partial charge in [-0.05, 0) is 31.2 Å². The van der Waals surface area contributed by atoms with Crippen LogP contribution < -0.4 is 10.6 Å². The minimum absolute atomic E-state index is 0. The molecule has 0 bridgehead atoms. The second-order valence-electron chi connectivity index (χ2n) is 5.33. The molecule has 0 aromatic heterocycles. The smallest absolute Gasteiger partial charge is 0.343 e. The number of halogens is 4. The van der Waals surface area contributed by atoms with Gasteiger partial charge in [0.2, 0.25) is 10.0 Å². The van der Waals surface area contributed by atoms with Gasteiger partial charge in [0.05, 0.1) is 4.90 Å². The summed E-state index contributed by atoms with van der Waals surface area (Å²) in [6, 6.07) is 5.04. The molecule has 1 aromatic rings. The SMILES string of the molecule is Cl.O=C(NCC(F)(F)F)c1cccc(S(=O)(=O)N2CCCNCC2)c1. The van der Waals surface area contributed by atoms with Crippen molar-refractivity contribution in [2.24, 2.45) is 0 Å². The first kappa shape index (κ1) is 21.7. The maximum Gasteiger partial charge on any atom is 0.405 e. The molecule has 25 heavy (non-hydrogen) atoms. The van der Waals surface area contributed by atoms with E-state index in [0.29, 0.717) is 32.6 Å². The Hall–Kier alpha value is -1.36. The van der Waals surface area contributed by atoms with Crippen molar-refractivity contribution in [2.45, 2.75) is 17.5 Å². The van der Waals surface area contributed by atoms with Crippen molar-refractivity contribution in [3.8, 4) is 0 Å². The number of hydrogen-bond acceptors (Lipinski definition) is 4. The normalized spacial score (nSPS) is 16.6. The maximum atomic E-state index is 12.6. The van der Waals surface area contributed by atoms with Gasteiger partial charge in [-0.2, -0.15) is 17.5 Å². The lowest BCUT2D eigenvalue weighted by molar-refractivity contribution is -0.123.